The fourth-order valence-electron chi connectivity index (χ4n) is 2.99. The molecule has 0 amide bonds. The second-order valence-corrected chi connectivity index (χ2v) is 5.56. The Labute approximate surface area is 131 Å². The lowest BCUT2D eigenvalue weighted by Crippen LogP contribution is -2.00. The molecule has 0 radical (unpaired) electrons. The highest BCUT2D eigenvalue weighted by Crippen LogP contribution is 2.28. The second-order valence-electron chi connectivity index (χ2n) is 5.56. The van der Waals surface area contributed by atoms with Crippen molar-refractivity contribution in [1.82, 2.24) is 4.57 Å². The van der Waals surface area contributed by atoms with E-state index in [-0.39, 0.29) is 5.82 Å². The Kier molecular flexibility index (Phi) is 4.10. The minimum Gasteiger partial charge on any atom is -0.345 e. The standard InChI is InChI=1S/C20H20FN/c1-3-22-15(2)18(12-16-8-5-4-6-9-16)14-20(22)17-10-7-11-19(21)13-17/h4-11,13-14H,3,12H2,1-2H3. The third kappa shape index (κ3) is 2.82. The lowest BCUT2D eigenvalue weighted by Gasteiger charge is -2.09. The Morgan fingerprint density at radius 1 is 0.955 bits per heavy atom. The van der Waals surface area contributed by atoms with Crippen molar-refractivity contribution >= 4 is 0 Å². The summed E-state index contributed by atoms with van der Waals surface area (Å²) in [6, 6.07) is 19.5. The quantitative estimate of drug-likeness (QED) is 0.622. The summed E-state index contributed by atoms with van der Waals surface area (Å²) in [6.07, 6.45) is 0.905. The molecule has 0 spiro atoms. The van der Waals surface area contributed by atoms with Crippen LogP contribution in [0.3, 0.4) is 0 Å². The molecule has 1 heterocycles. The number of hydrogen-bond acceptors (Lipinski definition) is 0. The predicted molar refractivity (Wildman–Crippen MR) is 89.5 cm³/mol. The molecule has 2 heteroatoms. The van der Waals surface area contributed by atoms with E-state index in [1.165, 1.54) is 22.9 Å². The zero-order valence-corrected chi connectivity index (χ0v) is 13.0. The average molecular weight is 293 g/mol. The van der Waals surface area contributed by atoms with Gasteiger partial charge in [-0.15, -0.1) is 0 Å². The van der Waals surface area contributed by atoms with Gasteiger partial charge in [0.2, 0.25) is 0 Å². The summed E-state index contributed by atoms with van der Waals surface area (Å²) >= 11 is 0. The van der Waals surface area contributed by atoms with Gasteiger partial charge in [-0.05, 0) is 49.6 Å². The minimum absolute atomic E-state index is 0.191. The Bertz CT molecular complexity index is 772. The van der Waals surface area contributed by atoms with E-state index in [1.54, 1.807) is 12.1 Å². The summed E-state index contributed by atoms with van der Waals surface area (Å²) in [5.74, 6) is -0.191. The Morgan fingerprint density at radius 3 is 2.41 bits per heavy atom. The van der Waals surface area contributed by atoms with E-state index >= 15 is 0 Å². The molecule has 0 N–H and O–H groups in total. The number of hydrogen-bond donors (Lipinski definition) is 0. The molecule has 0 bridgehead atoms. The molecular formula is C20H20FN. The molecule has 112 valence electrons. The van der Waals surface area contributed by atoms with Crippen LogP contribution in [0.4, 0.5) is 4.39 Å². The first-order valence-electron chi connectivity index (χ1n) is 7.68. The van der Waals surface area contributed by atoms with Crippen LogP contribution in [0, 0.1) is 12.7 Å². The molecule has 22 heavy (non-hydrogen) atoms. The van der Waals surface area contributed by atoms with Gasteiger partial charge in [0, 0.05) is 23.5 Å². The summed E-state index contributed by atoms with van der Waals surface area (Å²) < 4.78 is 15.8. The second kappa shape index (κ2) is 6.18. The van der Waals surface area contributed by atoms with Crippen molar-refractivity contribution in [2.24, 2.45) is 0 Å². The van der Waals surface area contributed by atoms with Crippen LogP contribution < -0.4 is 0 Å². The highest BCUT2D eigenvalue weighted by molar-refractivity contribution is 5.63. The molecule has 0 saturated carbocycles. The van der Waals surface area contributed by atoms with Crippen LogP contribution in [0.2, 0.25) is 0 Å². The molecule has 2 aromatic carbocycles. The van der Waals surface area contributed by atoms with Crippen LogP contribution in [0.5, 0.6) is 0 Å². The maximum atomic E-state index is 13.5. The Morgan fingerprint density at radius 2 is 1.73 bits per heavy atom. The topological polar surface area (TPSA) is 4.93 Å². The predicted octanol–water partition coefficient (Wildman–Crippen LogP) is 5.21. The van der Waals surface area contributed by atoms with Crippen molar-refractivity contribution in [2.75, 3.05) is 0 Å². The minimum atomic E-state index is -0.191. The highest BCUT2D eigenvalue weighted by atomic mass is 19.1. The SMILES string of the molecule is CCn1c(-c2cccc(F)c2)cc(Cc2ccccc2)c1C. The van der Waals surface area contributed by atoms with Gasteiger partial charge in [-0.2, -0.15) is 0 Å². The Hall–Kier alpha value is -2.35. The largest absolute Gasteiger partial charge is 0.345 e. The van der Waals surface area contributed by atoms with Gasteiger partial charge in [-0.25, -0.2) is 4.39 Å². The number of aromatic nitrogens is 1. The fraction of sp³-hybridized carbons (Fsp3) is 0.200. The van der Waals surface area contributed by atoms with Crippen molar-refractivity contribution < 1.29 is 4.39 Å². The molecule has 0 aliphatic rings. The summed E-state index contributed by atoms with van der Waals surface area (Å²) in [6.45, 7) is 5.15. The zero-order chi connectivity index (χ0) is 15.5. The number of benzene rings is 2. The molecule has 3 rings (SSSR count). The van der Waals surface area contributed by atoms with E-state index < -0.39 is 0 Å². The molecule has 0 aliphatic heterocycles. The van der Waals surface area contributed by atoms with E-state index in [2.05, 4.69) is 48.7 Å². The van der Waals surface area contributed by atoms with Crippen LogP contribution >= 0.6 is 0 Å². The molecule has 1 nitrogen and oxygen atoms in total. The van der Waals surface area contributed by atoms with Crippen molar-refractivity contribution in [1.29, 1.82) is 0 Å². The van der Waals surface area contributed by atoms with Crippen molar-refractivity contribution in [3.8, 4) is 11.3 Å². The van der Waals surface area contributed by atoms with Gasteiger partial charge >= 0.3 is 0 Å². The van der Waals surface area contributed by atoms with Gasteiger partial charge in [0.15, 0.2) is 0 Å². The number of nitrogens with zero attached hydrogens (tertiary/aromatic N) is 1. The first kappa shape index (κ1) is 14.6. The molecule has 0 atom stereocenters. The van der Waals surface area contributed by atoms with Gasteiger partial charge in [0.25, 0.3) is 0 Å². The van der Waals surface area contributed by atoms with E-state index in [0.717, 1.165) is 24.2 Å². The lowest BCUT2D eigenvalue weighted by molar-refractivity contribution is 0.628. The van der Waals surface area contributed by atoms with Crippen molar-refractivity contribution in [3.05, 3.63) is 83.3 Å². The maximum Gasteiger partial charge on any atom is 0.123 e. The van der Waals surface area contributed by atoms with Gasteiger partial charge in [0.05, 0.1) is 0 Å². The maximum absolute atomic E-state index is 13.5. The third-order valence-corrected chi connectivity index (χ3v) is 4.15. The van der Waals surface area contributed by atoms with Gasteiger partial charge < -0.3 is 4.57 Å². The van der Waals surface area contributed by atoms with Crippen LogP contribution in [-0.2, 0) is 13.0 Å². The van der Waals surface area contributed by atoms with Crippen molar-refractivity contribution in [3.63, 3.8) is 0 Å². The monoisotopic (exact) mass is 293 g/mol. The highest BCUT2D eigenvalue weighted by Gasteiger charge is 2.13. The van der Waals surface area contributed by atoms with Gasteiger partial charge in [-0.1, -0.05) is 42.5 Å². The number of halogens is 1. The summed E-state index contributed by atoms with van der Waals surface area (Å²) in [7, 11) is 0. The van der Waals surface area contributed by atoms with E-state index in [9.17, 15) is 4.39 Å². The fourth-order valence-corrected chi connectivity index (χ4v) is 2.99. The lowest BCUT2D eigenvalue weighted by atomic mass is 10.0. The smallest absolute Gasteiger partial charge is 0.123 e. The van der Waals surface area contributed by atoms with Crippen LogP contribution in [-0.4, -0.2) is 4.57 Å². The first-order valence-corrected chi connectivity index (χ1v) is 7.68. The van der Waals surface area contributed by atoms with Gasteiger partial charge in [0.1, 0.15) is 5.82 Å². The van der Waals surface area contributed by atoms with E-state index in [4.69, 9.17) is 0 Å². The summed E-state index contributed by atoms with van der Waals surface area (Å²) in [5, 5.41) is 0. The van der Waals surface area contributed by atoms with Crippen LogP contribution in [0.1, 0.15) is 23.7 Å². The average Bonchev–Trinajstić information content (AvgIpc) is 2.84. The molecule has 1 aromatic heterocycles. The Balaban J connectivity index is 2.03. The molecule has 0 saturated heterocycles. The summed E-state index contributed by atoms with van der Waals surface area (Å²) in [5.41, 5.74) is 5.87. The molecule has 0 fully saturated rings. The molecular weight excluding hydrogens is 273 g/mol. The van der Waals surface area contributed by atoms with E-state index in [0.29, 0.717) is 0 Å². The van der Waals surface area contributed by atoms with Gasteiger partial charge in [-0.3, -0.25) is 0 Å². The number of rotatable bonds is 4. The van der Waals surface area contributed by atoms with Crippen molar-refractivity contribution in [2.45, 2.75) is 26.8 Å². The molecule has 0 aliphatic carbocycles. The molecule has 0 unspecified atom stereocenters. The van der Waals surface area contributed by atoms with Crippen LogP contribution in [0.25, 0.3) is 11.3 Å². The normalized spacial score (nSPS) is 10.9. The first-order chi connectivity index (χ1) is 10.7. The third-order valence-electron chi connectivity index (χ3n) is 4.15. The van der Waals surface area contributed by atoms with E-state index in [1.807, 2.05) is 12.1 Å². The zero-order valence-electron chi connectivity index (χ0n) is 13.0. The van der Waals surface area contributed by atoms with Crippen LogP contribution in [0.15, 0.2) is 60.7 Å². The summed E-state index contributed by atoms with van der Waals surface area (Å²) in [4.78, 5) is 0. The molecule has 3 aromatic rings.